The number of fused-ring (bicyclic) bond motifs is 1. The SMILES string of the molecule is CCC(=O)N1CCC(n2cc(Oc3nc4cnccc4c(=O)[nH]3)cn2)C1. The van der Waals surface area contributed by atoms with Crippen molar-refractivity contribution in [3.8, 4) is 11.8 Å². The molecule has 9 nitrogen and oxygen atoms in total. The van der Waals surface area contributed by atoms with Gasteiger partial charge >= 0.3 is 6.01 Å². The van der Waals surface area contributed by atoms with Crippen LogP contribution < -0.4 is 10.3 Å². The van der Waals surface area contributed by atoms with Gasteiger partial charge in [0.25, 0.3) is 5.56 Å². The van der Waals surface area contributed by atoms with E-state index in [2.05, 4.69) is 20.1 Å². The zero-order valence-electron chi connectivity index (χ0n) is 14.3. The summed E-state index contributed by atoms with van der Waals surface area (Å²) in [6.07, 6.45) is 7.73. The number of aromatic amines is 1. The third-order valence-electron chi connectivity index (χ3n) is 4.47. The molecule has 1 unspecified atom stereocenters. The van der Waals surface area contributed by atoms with Crippen LogP contribution in [0.25, 0.3) is 10.9 Å². The lowest BCUT2D eigenvalue weighted by atomic mass is 10.3. The van der Waals surface area contributed by atoms with Gasteiger partial charge in [-0.15, -0.1) is 0 Å². The molecule has 1 atom stereocenters. The number of nitrogens with one attached hydrogen (secondary N) is 1. The van der Waals surface area contributed by atoms with E-state index in [-0.39, 0.29) is 23.5 Å². The number of ether oxygens (including phenoxy) is 1. The van der Waals surface area contributed by atoms with Crippen molar-refractivity contribution in [2.45, 2.75) is 25.8 Å². The normalized spacial score (nSPS) is 17.0. The Morgan fingerprint density at radius 2 is 2.31 bits per heavy atom. The summed E-state index contributed by atoms with van der Waals surface area (Å²) in [4.78, 5) is 36.5. The topological polar surface area (TPSA) is 106 Å². The summed E-state index contributed by atoms with van der Waals surface area (Å²) in [7, 11) is 0. The maximum atomic E-state index is 12.1. The third kappa shape index (κ3) is 3.03. The quantitative estimate of drug-likeness (QED) is 0.761. The van der Waals surface area contributed by atoms with Crippen LogP contribution in [0.1, 0.15) is 25.8 Å². The molecular formula is C17H18N6O3. The number of carbonyl (C=O) groups is 1. The number of likely N-dealkylation sites (tertiary alicyclic amines) is 1. The minimum absolute atomic E-state index is 0.0873. The van der Waals surface area contributed by atoms with Gasteiger partial charge in [0.2, 0.25) is 5.91 Å². The van der Waals surface area contributed by atoms with Crippen LogP contribution >= 0.6 is 0 Å². The molecule has 0 radical (unpaired) electrons. The van der Waals surface area contributed by atoms with E-state index in [0.29, 0.717) is 29.6 Å². The van der Waals surface area contributed by atoms with Crippen molar-refractivity contribution in [2.24, 2.45) is 0 Å². The van der Waals surface area contributed by atoms with E-state index in [9.17, 15) is 9.59 Å². The lowest BCUT2D eigenvalue weighted by Crippen LogP contribution is -2.28. The van der Waals surface area contributed by atoms with Gasteiger partial charge in [-0.2, -0.15) is 10.1 Å². The van der Waals surface area contributed by atoms with E-state index < -0.39 is 0 Å². The molecule has 1 fully saturated rings. The van der Waals surface area contributed by atoms with Crippen LogP contribution in [0.2, 0.25) is 0 Å². The summed E-state index contributed by atoms with van der Waals surface area (Å²) < 4.78 is 7.44. The molecule has 0 bridgehead atoms. The molecule has 26 heavy (non-hydrogen) atoms. The number of rotatable bonds is 4. The van der Waals surface area contributed by atoms with Gasteiger partial charge in [-0.1, -0.05) is 6.92 Å². The summed E-state index contributed by atoms with van der Waals surface area (Å²) in [5.74, 6) is 0.624. The van der Waals surface area contributed by atoms with Gasteiger partial charge in [-0.25, -0.2) is 0 Å². The first-order valence-corrected chi connectivity index (χ1v) is 8.48. The average Bonchev–Trinajstić information content (AvgIpc) is 3.30. The van der Waals surface area contributed by atoms with Crippen molar-refractivity contribution in [3.63, 3.8) is 0 Å². The molecule has 1 aliphatic heterocycles. The summed E-state index contributed by atoms with van der Waals surface area (Å²) >= 11 is 0. The highest BCUT2D eigenvalue weighted by molar-refractivity contribution is 5.76. The molecule has 1 amide bonds. The van der Waals surface area contributed by atoms with Gasteiger partial charge in [0.05, 0.1) is 35.5 Å². The van der Waals surface area contributed by atoms with E-state index in [1.165, 1.54) is 12.4 Å². The molecule has 0 spiro atoms. The van der Waals surface area contributed by atoms with Crippen LogP contribution in [-0.2, 0) is 4.79 Å². The first-order chi connectivity index (χ1) is 12.6. The summed E-state index contributed by atoms with van der Waals surface area (Å²) in [5, 5.41) is 4.77. The van der Waals surface area contributed by atoms with Crippen molar-refractivity contribution >= 4 is 16.8 Å². The predicted molar refractivity (Wildman–Crippen MR) is 93.0 cm³/mol. The van der Waals surface area contributed by atoms with Crippen molar-refractivity contribution in [1.29, 1.82) is 0 Å². The molecule has 1 N–H and O–H groups in total. The number of aromatic nitrogens is 5. The Balaban J connectivity index is 1.51. The largest absolute Gasteiger partial charge is 0.422 e. The van der Waals surface area contributed by atoms with Gasteiger partial charge in [0.1, 0.15) is 0 Å². The average molecular weight is 354 g/mol. The summed E-state index contributed by atoms with van der Waals surface area (Å²) in [6, 6.07) is 1.81. The molecule has 134 valence electrons. The fraction of sp³-hybridized carbons (Fsp3) is 0.353. The maximum Gasteiger partial charge on any atom is 0.302 e. The number of nitrogens with zero attached hydrogens (tertiary/aromatic N) is 5. The predicted octanol–water partition coefficient (Wildman–Crippen LogP) is 1.49. The second-order valence-corrected chi connectivity index (χ2v) is 6.16. The minimum Gasteiger partial charge on any atom is -0.422 e. The van der Waals surface area contributed by atoms with E-state index in [4.69, 9.17) is 4.74 Å². The van der Waals surface area contributed by atoms with Crippen LogP contribution in [0.5, 0.6) is 11.8 Å². The molecule has 3 aromatic rings. The van der Waals surface area contributed by atoms with Crippen molar-refractivity contribution in [2.75, 3.05) is 13.1 Å². The van der Waals surface area contributed by atoms with Gasteiger partial charge in [-0.3, -0.25) is 24.2 Å². The summed E-state index contributed by atoms with van der Waals surface area (Å²) in [6.45, 7) is 3.24. The molecule has 0 aliphatic carbocycles. The fourth-order valence-electron chi connectivity index (χ4n) is 3.11. The van der Waals surface area contributed by atoms with E-state index in [0.717, 1.165) is 13.0 Å². The van der Waals surface area contributed by atoms with E-state index >= 15 is 0 Å². The van der Waals surface area contributed by atoms with E-state index in [1.807, 2.05) is 11.8 Å². The standard InChI is InChI=1S/C17H18N6O3/c1-2-15(24)22-6-4-11(9-22)23-10-12(7-19-23)26-17-20-14-8-18-5-3-13(14)16(25)21-17/h3,5,7-8,10-11H,2,4,6,9H2,1H3,(H,20,21,25). The molecule has 0 aromatic carbocycles. The van der Waals surface area contributed by atoms with Gasteiger partial charge in [0, 0.05) is 25.7 Å². The Bertz CT molecular complexity index is 1010. The van der Waals surface area contributed by atoms with Gasteiger partial charge in [-0.05, 0) is 12.5 Å². The Hall–Kier alpha value is -3.23. The molecular weight excluding hydrogens is 336 g/mol. The highest BCUT2D eigenvalue weighted by Gasteiger charge is 2.27. The molecule has 4 heterocycles. The highest BCUT2D eigenvalue weighted by Crippen LogP contribution is 2.25. The van der Waals surface area contributed by atoms with Crippen LogP contribution in [0, 0.1) is 0 Å². The monoisotopic (exact) mass is 354 g/mol. The lowest BCUT2D eigenvalue weighted by molar-refractivity contribution is -0.129. The Kier molecular flexibility index (Phi) is 4.11. The van der Waals surface area contributed by atoms with Crippen molar-refractivity contribution in [3.05, 3.63) is 41.2 Å². The van der Waals surface area contributed by atoms with Crippen molar-refractivity contribution < 1.29 is 9.53 Å². The first kappa shape index (κ1) is 16.2. The number of H-pyrrole nitrogens is 1. The molecule has 4 rings (SSSR count). The second-order valence-electron chi connectivity index (χ2n) is 6.16. The van der Waals surface area contributed by atoms with Crippen LogP contribution in [0.4, 0.5) is 0 Å². The summed E-state index contributed by atoms with van der Waals surface area (Å²) in [5.41, 5.74) is 0.174. The molecule has 9 heteroatoms. The van der Waals surface area contributed by atoms with Crippen molar-refractivity contribution in [1.82, 2.24) is 29.6 Å². The lowest BCUT2D eigenvalue weighted by Gasteiger charge is -2.15. The van der Waals surface area contributed by atoms with Crippen LogP contribution in [0.3, 0.4) is 0 Å². The number of carbonyl (C=O) groups excluding carboxylic acids is 1. The van der Waals surface area contributed by atoms with Crippen LogP contribution in [0.15, 0.2) is 35.6 Å². The Morgan fingerprint density at radius 1 is 1.42 bits per heavy atom. The first-order valence-electron chi connectivity index (χ1n) is 8.48. The number of amides is 1. The second kappa shape index (κ2) is 6.58. The maximum absolute atomic E-state index is 12.1. The minimum atomic E-state index is -0.288. The Labute approximate surface area is 148 Å². The molecule has 0 saturated carbocycles. The highest BCUT2D eigenvalue weighted by atomic mass is 16.5. The zero-order chi connectivity index (χ0) is 18.1. The molecule has 1 aliphatic rings. The fourth-order valence-corrected chi connectivity index (χ4v) is 3.11. The van der Waals surface area contributed by atoms with Crippen LogP contribution in [-0.4, -0.2) is 48.6 Å². The van der Waals surface area contributed by atoms with E-state index in [1.54, 1.807) is 23.1 Å². The van der Waals surface area contributed by atoms with Gasteiger partial charge in [0.15, 0.2) is 5.75 Å². The zero-order valence-corrected chi connectivity index (χ0v) is 14.3. The number of hydrogen-bond acceptors (Lipinski definition) is 6. The Morgan fingerprint density at radius 3 is 3.15 bits per heavy atom. The third-order valence-corrected chi connectivity index (χ3v) is 4.47. The number of hydrogen-bond donors (Lipinski definition) is 1. The smallest absolute Gasteiger partial charge is 0.302 e. The molecule has 1 saturated heterocycles. The molecule has 3 aromatic heterocycles. The van der Waals surface area contributed by atoms with Gasteiger partial charge < -0.3 is 9.64 Å². The number of pyridine rings is 1.